The van der Waals surface area contributed by atoms with Crippen molar-refractivity contribution >= 4 is 23.1 Å². The van der Waals surface area contributed by atoms with E-state index < -0.39 is 5.97 Å². The van der Waals surface area contributed by atoms with Gasteiger partial charge in [0.15, 0.2) is 11.5 Å². The molecule has 0 saturated heterocycles. The van der Waals surface area contributed by atoms with Gasteiger partial charge in [0.05, 0.1) is 11.6 Å². The fourth-order valence-corrected chi connectivity index (χ4v) is 4.75. The molecule has 9 heteroatoms. The molecule has 6 rings (SSSR count). The molecular formula is C26H22N4O5. The minimum Gasteiger partial charge on any atom is -0.478 e. The van der Waals surface area contributed by atoms with Crippen molar-refractivity contribution in [3.8, 4) is 11.5 Å². The number of ether oxygens (including phenoxy) is 2. The van der Waals surface area contributed by atoms with Gasteiger partial charge in [-0.1, -0.05) is 24.3 Å². The third-order valence-corrected chi connectivity index (χ3v) is 6.48. The van der Waals surface area contributed by atoms with Gasteiger partial charge in [-0.3, -0.25) is 9.20 Å². The molecule has 2 N–H and O–H groups in total. The Morgan fingerprint density at radius 2 is 1.97 bits per heavy atom. The molecule has 1 atom stereocenters. The molecule has 0 spiro atoms. The maximum atomic E-state index is 13.0. The number of para-hydroxylation sites is 1. The fourth-order valence-electron chi connectivity index (χ4n) is 4.75. The van der Waals surface area contributed by atoms with Crippen molar-refractivity contribution in [1.82, 2.24) is 9.38 Å². The first-order chi connectivity index (χ1) is 17.0. The molecule has 2 aromatic heterocycles. The summed E-state index contributed by atoms with van der Waals surface area (Å²) in [7, 11) is 0. The van der Waals surface area contributed by atoms with Crippen molar-refractivity contribution in [2.24, 2.45) is 0 Å². The highest BCUT2D eigenvalue weighted by Crippen LogP contribution is 2.42. The van der Waals surface area contributed by atoms with Gasteiger partial charge in [0, 0.05) is 42.2 Å². The van der Waals surface area contributed by atoms with Crippen LogP contribution in [0.3, 0.4) is 0 Å². The first-order valence-electron chi connectivity index (χ1n) is 11.3. The average Bonchev–Trinajstić information content (AvgIpc) is 3.50. The van der Waals surface area contributed by atoms with E-state index in [1.54, 1.807) is 36.5 Å². The molecule has 0 saturated carbocycles. The number of carboxylic acids is 1. The van der Waals surface area contributed by atoms with Crippen LogP contribution in [0.1, 0.15) is 40.0 Å². The second-order valence-electron chi connectivity index (χ2n) is 8.62. The lowest BCUT2D eigenvalue weighted by molar-refractivity contribution is 0.0698. The highest BCUT2D eigenvalue weighted by molar-refractivity contribution is 5.94. The fraction of sp³-hybridized carbons (Fsp3) is 0.192. The number of aromatic nitrogens is 2. The van der Waals surface area contributed by atoms with E-state index in [4.69, 9.17) is 14.5 Å². The van der Waals surface area contributed by atoms with Crippen molar-refractivity contribution in [2.75, 3.05) is 17.0 Å². The molecule has 0 aliphatic carbocycles. The summed E-state index contributed by atoms with van der Waals surface area (Å²) in [5.74, 6) is 1.06. The van der Waals surface area contributed by atoms with E-state index >= 15 is 0 Å². The second kappa shape index (κ2) is 8.05. The summed E-state index contributed by atoms with van der Waals surface area (Å²) in [6.45, 7) is 3.29. The van der Waals surface area contributed by atoms with E-state index in [9.17, 15) is 14.7 Å². The Labute approximate surface area is 200 Å². The predicted octanol–water partition coefficient (Wildman–Crippen LogP) is 3.81. The molecule has 2 aromatic carbocycles. The summed E-state index contributed by atoms with van der Waals surface area (Å²) in [6.07, 6.45) is 1.69. The molecule has 2 aliphatic heterocycles. The average molecular weight is 470 g/mol. The van der Waals surface area contributed by atoms with E-state index in [0.717, 1.165) is 28.2 Å². The number of fused-ring (bicyclic) bond motifs is 4. The quantitative estimate of drug-likeness (QED) is 0.454. The van der Waals surface area contributed by atoms with E-state index in [1.165, 1.54) is 10.5 Å². The highest BCUT2D eigenvalue weighted by Gasteiger charge is 2.29. The molecule has 2 aliphatic rings. The van der Waals surface area contributed by atoms with Crippen LogP contribution < -0.4 is 25.2 Å². The number of hydrogen-bond donors (Lipinski definition) is 2. The van der Waals surface area contributed by atoms with Gasteiger partial charge in [0.2, 0.25) is 6.79 Å². The zero-order valence-electron chi connectivity index (χ0n) is 18.9. The molecule has 0 fully saturated rings. The van der Waals surface area contributed by atoms with Crippen LogP contribution in [0, 0.1) is 0 Å². The zero-order valence-corrected chi connectivity index (χ0v) is 18.9. The van der Waals surface area contributed by atoms with E-state index in [2.05, 4.69) is 5.32 Å². The molecule has 176 valence electrons. The van der Waals surface area contributed by atoms with E-state index in [0.29, 0.717) is 30.2 Å². The lowest BCUT2D eigenvalue weighted by Gasteiger charge is -2.21. The molecule has 35 heavy (non-hydrogen) atoms. The highest BCUT2D eigenvalue weighted by atomic mass is 16.7. The number of carbonyl (C=O) groups is 1. The Kier molecular flexibility index (Phi) is 4.84. The number of benzene rings is 2. The van der Waals surface area contributed by atoms with Crippen LogP contribution in [-0.2, 0) is 13.1 Å². The maximum Gasteiger partial charge on any atom is 0.337 e. The van der Waals surface area contributed by atoms with Gasteiger partial charge >= 0.3 is 5.97 Å². The Morgan fingerprint density at radius 1 is 1.11 bits per heavy atom. The van der Waals surface area contributed by atoms with E-state index in [-0.39, 0.29) is 24.0 Å². The van der Waals surface area contributed by atoms with Gasteiger partial charge in [0.25, 0.3) is 5.56 Å². The molecule has 9 nitrogen and oxygen atoms in total. The van der Waals surface area contributed by atoms with Crippen LogP contribution in [0.2, 0.25) is 0 Å². The van der Waals surface area contributed by atoms with Gasteiger partial charge in [-0.05, 0) is 36.8 Å². The standard InChI is InChI=1S/C26H22N4O5/c1-15(27-20-7-3-2-5-18(20)26(32)33)17-6-4-10-30-23(31)11-22(28-25(17)30)29-12-16-8-9-21-24(19(16)13-29)35-14-34-21/h2-11,15,27H,12-14H2,1H3,(H,32,33)/t15-/m1/s1. The van der Waals surface area contributed by atoms with Gasteiger partial charge in [-0.25, -0.2) is 9.78 Å². The molecule has 4 aromatic rings. The van der Waals surface area contributed by atoms with Crippen molar-refractivity contribution < 1.29 is 19.4 Å². The summed E-state index contributed by atoms with van der Waals surface area (Å²) in [4.78, 5) is 31.6. The molecule has 0 bridgehead atoms. The number of pyridine rings is 1. The molecular weight excluding hydrogens is 448 g/mol. The third-order valence-electron chi connectivity index (χ3n) is 6.48. The third kappa shape index (κ3) is 3.52. The monoisotopic (exact) mass is 470 g/mol. The van der Waals surface area contributed by atoms with Gasteiger partial charge in [-0.15, -0.1) is 0 Å². The topological polar surface area (TPSA) is 105 Å². The molecule has 0 amide bonds. The Morgan fingerprint density at radius 3 is 2.83 bits per heavy atom. The van der Waals surface area contributed by atoms with Crippen LogP contribution in [0.15, 0.2) is 65.6 Å². The SMILES string of the molecule is C[C@@H](Nc1ccccc1C(=O)O)c1cccn2c(=O)cc(N3Cc4ccc5c(c4C3)OCO5)nc12. The number of aromatic carboxylic acids is 1. The van der Waals surface area contributed by atoms with Crippen LogP contribution in [0.4, 0.5) is 11.5 Å². The number of rotatable bonds is 5. The Bertz CT molecular complexity index is 1550. The van der Waals surface area contributed by atoms with Crippen LogP contribution in [0.5, 0.6) is 11.5 Å². The second-order valence-corrected chi connectivity index (χ2v) is 8.62. The number of hydrogen-bond acceptors (Lipinski definition) is 7. The van der Waals surface area contributed by atoms with Crippen LogP contribution >= 0.6 is 0 Å². The zero-order chi connectivity index (χ0) is 24.1. The summed E-state index contributed by atoms with van der Waals surface area (Å²) in [5.41, 5.74) is 3.95. The smallest absolute Gasteiger partial charge is 0.337 e. The predicted molar refractivity (Wildman–Crippen MR) is 129 cm³/mol. The first kappa shape index (κ1) is 21.0. The van der Waals surface area contributed by atoms with E-state index in [1.807, 2.05) is 30.0 Å². The number of nitrogens with zero attached hydrogens (tertiary/aromatic N) is 3. The summed E-state index contributed by atoms with van der Waals surface area (Å²) >= 11 is 0. The summed E-state index contributed by atoms with van der Waals surface area (Å²) in [6, 6.07) is 15.6. The Balaban J connectivity index is 1.37. The number of carboxylic acid groups (broad SMARTS) is 1. The minimum absolute atomic E-state index is 0.180. The molecule has 4 heterocycles. The largest absolute Gasteiger partial charge is 0.478 e. The number of anilines is 2. The summed E-state index contributed by atoms with van der Waals surface area (Å²) in [5, 5.41) is 12.8. The lowest BCUT2D eigenvalue weighted by atomic mass is 10.1. The van der Waals surface area contributed by atoms with Crippen LogP contribution in [-0.4, -0.2) is 27.3 Å². The van der Waals surface area contributed by atoms with Crippen molar-refractivity contribution in [2.45, 2.75) is 26.1 Å². The lowest BCUT2D eigenvalue weighted by Crippen LogP contribution is -2.23. The number of nitrogens with one attached hydrogen (secondary N) is 1. The van der Waals surface area contributed by atoms with Gasteiger partial charge in [-0.2, -0.15) is 0 Å². The molecule has 0 unspecified atom stereocenters. The first-order valence-corrected chi connectivity index (χ1v) is 11.3. The summed E-state index contributed by atoms with van der Waals surface area (Å²) < 4.78 is 12.7. The van der Waals surface area contributed by atoms with Crippen LogP contribution in [0.25, 0.3) is 5.65 Å². The van der Waals surface area contributed by atoms with Crippen molar-refractivity contribution in [1.29, 1.82) is 0 Å². The minimum atomic E-state index is -1.01. The maximum absolute atomic E-state index is 13.0. The molecule has 0 radical (unpaired) electrons. The Hall–Kier alpha value is -4.53. The van der Waals surface area contributed by atoms with Crippen molar-refractivity contribution in [3.05, 3.63) is 93.4 Å². The normalized spacial score (nSPS) is 14.7. The van der Waals surface area contributed by atoms with Crippen molar-refractivity contribution in [3.63, 3.8) is 0 Å². The van der Waals surface area contributed by atoms with Gasteiger partial charge in [0.1, 0.15) is 11.5 Å². The van der Waals surface area contributed by atoms with Gasteiger partial charge < -0.3 is 24.8 Å².